The smallest absolute Gasteiger partial charge is 0.224 e. The zero-order valence-electron chi connectivity index (χ0n) is 17.1. The number of halogens is 2. The fourth-order valence-electron chi connectivity index (χ4n) is 2.95. The summed E-state index contributed by atoms with van der Waals surface area (Å²) in [7, 11) is 2.14. The predicted octanol–water partition coefficient (Wildman–Crippen LogP) is 2.62. The molecule has 1 fully saturated rings. The molecule has 1 aliphatic rings. The third-order valence-electron chi connectivity index (χ3n) is 5.09. The van der Waals surface area contributed by atoms with Crippen LogP contribution in [0.5, 0.6) is 5.75 Å². The van der Waals surface area contributed by atoms with Crippen molar-refractivity contribution in [2.75, 3.05) is 33.4 Å². The van der Waals surface area contributed by atoms with Crippen LogP contribution in [-0.2, 0) is 16.1 Å². The van der Waals surface area contributed by atoms with Gasteiger partial charge in [-0.25, -0.2) is 0 Å². The number of nitrogens with zero attached hydrogens (tertiary/aromatic N) is 1. The lowest BCUT2D eigenvalue weighted by Crippen LogP contribution is -2.38. The summed E-state index contributed by atoms with van der Waals surface area (Å²) in [4.78, 5) is 14.4. The fourth-order valence-corrected chi connectivity index (χ4v) is 2.95. The molecular weight excluding hydrogens is 401 g/mol. The molecule has 0 spiro atoms. The van der Waals surface area contributed by atoms with Crippen LogP contribution >= 0.6 is 24.8 Å². The van der Waals surface area contributed by atoms with Crippen molar-refractivity contribution in [3.05, 3.63) is 29.8 Å². The Hall–Kier alpha value is -1.05. The Morgan fingerprint density at radius 2 is 2.00 bits per heavy atom. The monoisotopic (exact) mass is 435 g/mol. The summed E-state index contributed by atoms with van der Waals surface area (Å²) in [5, 5.41) is 2.93. The van der Waals surface area contributed by atoms with Crippen molar-refractivity contribution in [1.82, 2.24) is 10.2 Å². The largest absolute Gasteiger partial charge is 0.492 e. The number of ether oxygens (including phenoxy) is 2. The molecule has 1 heterocycles. The minimum absolute atomic E-state index is 0. The van der Waals surface area contributed by atoms with E-state index in [2.05, 4.69) is 17.3 Å². The highest BCUT2D eigenvalue weighted by Crippen LogP contribution is 2.15. The maximum absolute atomic E-state index is 12.0. The fraction of sp³-hybridized carbons (Fsp3) is 0.650. The maximum Gasteiger partial charge on any atom is 0.224 e. The van der Waals surface area contributed by atoms with Crippen LogP contribution in [0.4, 0.5) is 0 Å². The zero-order chi connectivity index (χ0) is 18.9. The van der Waals surface area contributed by atoms with Gasteiger partial charge in [0.05, 0.1) is 0 Å². The van der Waals surface area contributed by atoms with Gasteiger partial charge in [-0.3, -0.25) is 9.69 Å². The molecule has 2 rings (SSSR count). The standard InChI is InChI=1S/C20H33N3O3.2ClH/c1-15(16(2)21)20(24)22-14-17-5-4-6-19(13-17)26-12-9-23(3)18-7-10-25-11-8-18;;/h4-6,13,15-16,18H,7-12,14,21H2,1-3H3,(H,22,24);2*1H. The number of amides is 1. The highest BCUT2D eigenvalue weighted by molar-refractivity contribution is 5.85. The second-order valence-corrected chi connectivity index (χ2v) is 7.19. The summed E-state index contributed by atoms with van der Waals surface area (Å²) in [6, 6.07) is 8.29. The van der Waals surface area contributed by atoms with Crippen LogP contribution < -0.4 is 15.8 Å². The number of nitrogens with one attached hydrogen (secondary N) is 1. The van der Waals surface area contributed by atoms with Crippen LogP contribution in [0.2, 0.25) is 0 Å². The minimum atomic E-state index is -0.199. The minimum Gasteiger partial charge on any atom is -0.492 e. The molecule has 8 heteroatoms. The Labute approximate surface area is 181 Å². The summed E-state index contributed by atoms with van der Waals surface area (Å²) in [6.07, 6.45) is 2.18. The molecule has 1 saturated heterocycles. The second-order valence-electron chi connectivity index (χ2n) is 7.19. The summed E-state index contributed by atoms with van der Waals surface area (Å²) in [5.41, 5.74) is 6.79. The highest BCUT2D eigenvalue weighted by atomic mass is 35.5. The second kappa shape index (κ2) is 14.0. The number of rotatable bonds is 9. The van der Waals surface area contributed by atoms with Crippen molar-refractivity contribution >= 4 is 30.7 Å². The molecule has 0 radical (unpaired) electrons. The first-order valence-electron chi connectivity index (χ1n) is 9.50. The maximum atomic E-state index is 12.0. The van der Waals surface area contributed by atoms with Gasteiger partial charge in [-0.15, -0.1) is 24.8 Å². The van der Waals surface area contributed by atoms with E-state index in [0.29, 0.717) is 19.2 Å². The van der Waals surface area contributed by atoms with E-state index < -0.39 is 0 Å². The molecule has 28 heavy (non-hydrogen) atoms. The van der Waals surface area contributed by atoms with E-state index in [9.17, 15) is 4.79 Å². The molecule has 6 nitrogen and oxygen atoms in total. The quantitative estimate of drug-likeness (QED) is 0.623. The molecule has 1 amide bonds. The molecule has 2 unspecified atom stereocenters. The van der Waals surface area contributed by atoms with Gasteiger partial charge in [0, 0.05) is 44.3 Å². The Bertz CT molecular complexity index is 569. The van der Waals surface area contributed by atoms with Gasteiger partial charge in [-0.2, -0.15) is 0 Å². The number of benzene rings is 1. The van der Waals surface area contributed by atoms with E-state index in [4.69, 9.17) is 15.2 Å². The Balaban J connectivity index is 0.00000364. The van der Waals surface area contributed by atoms with Crippen molar-refractivity contribution in [3.8, 4) is 5.75 Å². The van der Waals surface area contributed by atoms with E-state index in [1.54, 1.807) is 0 Å². The van der Waals surface area contributed by atoms with Crippen molar-refractivity contribution in [3.63, 3.8) is 0 Å². The summed E-state index contributed by atoms with van der Waals surface area (Å²) >= 11 is 0. The van der Waals surface area contributed by atoms with E-state index in [0.717, 1.165) is 43.9 Å². The Morgan fingerprint density at radius 1 is 1.32 bits per heavy atom. The lowest BCUT2D eigenvalue weighted by Gasteiger charge is -2.31. The lowest BCUT2D eigenvalue weighted by atomic mass is 10.0. The highest BCUT2D eigenvalue weighted by Gasteiger charge is 2.18. The van der Waals surface area contributed by atoms with Crippen molar-refractivity contribution in [2.45, 2.75) is 45.3 Å². The number of carbonyl (C=O) groups is 1. The van der Waals surface area contributed by atoms with Crippen molar-refractivity contribution in [1.29, 1.82) is 0 Å². The summed E-state index contributed by atoms with van der Waals surface area (Å²) in [5.74, 6) is 0.608. The van der Waals surface area contributed by atoms with Crippen molar-refractivity contribution < 1.29 is 14.3 Å². The van der Waals surface area contributed by atoms with Crippen LogP contribution in [0.1, 0.15) is 32.3 Å². The van der Waals surface area contributed by atoms with Crippen LogP contribution in [-0.4, -0.2) is 56.3 Å². The number of hydrogen-bond donors (Lipinski definition) is 2. The number of hydrogen-bond acceptors (Lipinski definition) is 5. The summed E-state index contributed by atoms with van der Waals surface area (Å²) in [6.45, 7) is 7.40. The molecule has 3 N–H and O–H groups in total. The van der Waals surface area contributed by atoms with Crippen LogP contribution in [0, 0.1) is 5.92 Å². The Morgan fingerprint density at radius 3 is 2.64 bits per heavy atom. The Kier molecular flexibility index (Phi) is 13.5. The van der Waals surface area contributed by atoms with Gasteiger partial charge in [0.2, 0.25) is 5.91 Å². The average molecular weight is 436 g/mol. The van der Waals surface area contributed by atoms with Gasteiger partial charge in [0.1, 0.15) is 12.4 Å². The molecule has 162 valence electrons. The number of carbonyl (C=O) groups excluding carboxylic acids is 1. The molecule has 0 bridgehead atoms. The molecule has 0 aromatic heterocycles. The first-order valence-corrected chi connectivity index (χ1v) is 9.50. The molecule has 1 aliphatic heterocycles. The molecule has 2 atom stereocenters. The summed E-state index contributed by atoms with van der Waals surface area (Å²) < 4.78 is 11.3. The van der Waals surface area contributed by atoms with Gasteiger partial charge >= 0.3 is 0 Å². The van der Waals surface area contributed by atoms with Gasteiger partial charge in [-0.05, 0) is 44.5 Å². The van der Waals surface area contributed by atoms with E-state index in [-0.39, 0.29) is 42.7 Å². The zero-order valence-corrected chi connectivity index (χ0v) is 18.7. The molecule has 1 aromatic rings. The van der Waals surface area contributed by atoms with Crippen LogP contribution in [0.3, 0.4) is 0 Å². The van der Waals surface area contributed by atoms with Crippen molar-refractivity contribution in [2.24, 2.45) is 11.7 Å². The SMILES string of the molecule is CC(N)C(C)C(=O)NCc1cccc(OCCN(C)C2CCOCC2)c1.Cl.Cl. The average Bonchev–Trinajstić information content (AvgIpc) is 2.66. The normalized spacial score (nSPS) is 16.5. The predicted molar refractivity (Wildman–Crippen MR) is 118 cm³/mol. The van der Waals surface area contributed by atoms with E-state index in [1.807, 2.05) is 38.1 Å². The van der Waals surface area contributed by atoms with E-state index in [1.165, 1.54) is 0 Å². The molecule has 0 saturated carbocycles. The van der Waals surface area contributed by atoms with Crippen LogP contribution in [0.25, 0.3) is 0 Å². The van der Waals surface area contributed by atoms with Gasteiger partial charge in [0.15, 0.2) is 0 Å². The van der Waals surface area contributed by atoms with Gasteiger partial charge in [0.25, 0.3) is 0 Å². The number of nitrogens with two attached hydrogens (primary N) is 1. The van der Waals surface area contributed by atoms with Crippen LogP contribution in [0.15, 0.2) is 24.3 Å². The lowest BCUT2D eigenvalue weighted by molar-refractivity contribution is -0.125. The third-order valence-corrected chi connectivity index (χ3v) is 5.09. The topological polar surface area (TPSA) is 76.8 Å². The first kappa shape index (κ1) is 27.0. The van der Waals surface area contributed by atoms with E-state index >= 15 is 0 Å². The molecule has 1 aromatic carbocycles. The first-order chi connectivity index (χ1) is 12.5. The number of likely N-dealkylation sites (N-methyl/N-ethyl adjacent to an activating group) is 1. The van der Waals surface area contributed by atoms with Gasteiger partial charge in [-0.1, -0.05) is 19.1 Å². The molecular formula is C20H35Cl2N3O3. The molecule has 0 aliphatic carbocycles. The van der Waals surface area contributed by atoms with Gasteiger partial charge < -0.3 is 20.5 Å². The third kappa shape index (κ3) is 8.97.